The van der Waals surface area contributed by atoms with E-state index in [1.54, 1.807) is 0 Å². The Morgan fingerprint density at radius 1 is 1.55 bits per heavy atom. The minimum Gasteiger partial charge on any atom is -0.361 e. The highest BCUT2D eigenvalue weighted by Crippen LogP contribution is 2.22. The van der Waals surface area contributed by atoms with Crippen LogP contribution in [-0.4, -0.2) is 4.98 Å². The Labute approximate surface area is 74.2 Å². The van der Waals surface area contributed by atoms with Crippen LogP contribution in [0.2, 0.25) is 0 Å². The van der Waals surface area contributed by atoms with Gasteiger partial charge in [0.1, 0.15) is 5.69 Å². The standard InChI is InChI=1S/C8H3BrN2/c1-5-6(2)11-8(10-3)4-7(5)9/h1-2,4H. The quantitative estimate of drug-likeness (QED) is 0.597. The molecule has 0 N–H and O–H groups in total. The Balaban J connectivity index is 3.35. The zero-order valence-corrected chi connectivity index (χ0v) is 7.09. The van der Waals surface area contributed by atoms with E-state index >= 15 is 0 Å². The molecule has 3 heteroatoms. The summed E-state index contributed by atoms with van der Waals surface area (Å²) in [6.45, 7) is 17.5. The van der Waals surface area contributed by atoms with E-state index in [1.165, 1.54) is 6.07 Å². The largest absolute Gasteiger partial charge is 0.361 e. The van der Waals surface area contributed by atoms with Gasteiger partial charge in [-0.05, 0) is 6.07 Å². The number of rotatable bonds is 0. The Morgan fingerprint density at radius 3 is 2.64 bits per heavy atom. The highest BCUT2D eigenvalue weighted by molar-refractivity contribution is 9.10. The Kier molecular flexibility index (Phi) is 2.25. The fourth-order valence-electron chi connectivity index (χ4n) is 0.587. The summed E-state index contributed by atoms with van der Waals surface area (Å²) in [5.74, 6) is 0.239. The van der Waals surface area contributed by atoms with Crippen LogP contribution in [0.15, 0.2) is 10.5 Å². The molecular formula is C8H3BrN2. The molecule has 1 aromatic rings. The lowest BCUT2D eigenvalue weighted by Gasteiger charge is -1.97. The van der Waals surface area contributed by atoms with E-state index in [0.717, 1.165) is 0 Å². The van der Waals surface area contributed by atoms with Gasteiger partial charge in [-0.2, -0.15) is 0 Å². The van der Waals surface area contributed by atoms with Gasteiger partial charge >= 0.3 is 0 Å². The first kappa shape index (κ1) is 8.22. The Bertz CT molecular complexity index is 302. The number of hydrogen-bond donors (Lipinski definition) is 0. The van der Waals surface area contributed by atoms with Crippen LogP contribution in [0.1, 0.15) is 11.3 Å². The molecule has 1 heterocycles. The number of halogens is 1. The molecule has 11 heavy (non-hydrogen) atoms. The molecule has 0 fully saturated rings. The van der Waals surface area contributed by atoms with E-state index in [1.807, 2.05) is 0 Å². The molecule has 52 valence electrons. The van der Waals surface area contributed by atoms with Crippen LogP contribution in [0.25, 0.3) is 4.85 Å². The molecule has 0 aliphatic carbocycles. The molecule has 0 bridgehead atoms. The molecule has 0 atom stereocenters. The van der Waals surface area contributed by atoms with Gasteiger partial charge in [0.05, 0.1) is 0 Å². The average Bonchev–Trinajstić information content (AvgIpc) is 1.99. The molecule has 0 amide bonds. The second-order valence-corrected chi connectivity index (χ2v) is 2.73. The van der Waals surface area contributed by atoms with Crippen LogP contribution in [0.5, 0.6) is 0 Å². The minimum absolute atomic E-state index is 0.186. The smallest absolute Gasteiger partial charge is 0.270 e. The third-order valence-electron chi connectivity index (χ3n) is 1.14. The molecule has 4 radical (unpaired) electrons. The molecule has 2 nitrogen and oxygen atoms in total. The molecule has 0 aromatic carbocycles. The van der Waals surface area contributed by atoms with Gasteiger partial charge in [0.15, 0.2) is 0 Å². The number of hydrogen-bond acceptors (Lipinski definition) is 1. The lowest BCUT2D eigenvalue weighted by molar-refractivity contribution is 1.25. The predicted octanol–water partition coefficient (Wildman–Crippen LogP) is 2.51. The summed E-state index contributed by atoms with van der Waals surface area (Å²) in [6.07, 6.45) is 0. The van der Waals surface area contributed by atoms with Crippen molar-refractivity contribution < 1.29 is 0 Å². The maximum Gasteiger partial charge on any atom is 0.270 e. The van der Waals surface area contributed by atoms with Crippen LogP contribution in [0.4, 0.5) is 5.82 Å². The highest BCUT2D eigenvalue weighted by Gasteiger charge is 2.05. The molecule has 1 aromatic heterocycles. The summed E-state index contributed by atoms with van der Waals surface area (Å²) in [5.41, 5.74) is 0.558. The monoisotopic (exact) mass is 206 g/mol. The lowest BCUT2D eigenvalue weighted by Crippen LogP contribution is -1.86. The van der Waals surface area contributed by atoms with E-state index < -0.39 is 0 Å². The van der Waals surface area contributed by atoms with Crippen molar-refractivity contribution >= 4 is 21.7 Å². The fraction of sp³-hybridized carbons (Fsp3) is 0. The third-order valence-corrected chi connectivity index (χ3v) is 1.79. The van der Waals surface area contributed by atoms with Gasteiger partial charge in [-0.1, -0.05) is 22.5 Å². The minimum atomic E-state index is 0.186. The molecule has 0 saturated carbocycles. The molecule has 0 saturated heterocycles. The van der Waals surface area contributed by atoms with Crippen LogP contribution in [0, 0.1) is 20.4 Å². The second kappa shape index (κ2) is 3.02. The number of nitrogens with zero attached hydrogens (tertiary/aromatic N) is 2. The van der Waals surface area contributed by atoms with E-state index in [9.17, 15) is 0 Å². The Morgan fingerprint density at radius 2 is 2.18 bits per heavy atom. The summed E-state index contributed by atoms with van der Waals surface area (Å²) < 4.78 is 0.607. The zero-order chi connectivity index (χ0) is 8.43. The van der Waals surface area contributed by atoms with Gasteiger partial charge in [0, 0.05) is 23.9 Å². The fourth-order valence-corrected chi connectivity index (χ4v) is 0.994. The SMILES string of the molecule is [C-]#[N+]c1cc(Br)c([CH])c([CH])n1. The van der Waals surface area contributed by atoms with Crippen molar-refractivity contribution in [3.8, 4) is 0 Å². The van der Waals surface area contributed by atoms with E-state index in [-0.39, 0.29) is 11.5 Å². The molecule has 0 aliphatic rings. The lowest BCUT2D eigenvalue weighted by atomic mass is 10.2. The maximum atomic E-state index is 6.65. The number of aromatic nitrogens is 1. The first-order valence-electron chi connectivity index (χ1n) is 2.74. The van der Waals surface area contributed by atoms with Crippen molar-refractivity contribution in [1.82, 2.24) is 4.98 Å². The third kappa shape index (κ3) is 1.58. The molecule has 0 spiro atoms. The van der Waals surface area contributed by atoms with Gasteiger partial charge in [0.2, 0.25) is 0 Å². The van der Waals surface area contributed by atoms with Crippen LogP contribution in [0.3, 0.4) is 0 Å². The second-order valence-electron chi connectivity index (χ2n) is 1.87. The number of pyridine rings is 1. The Hall–Kier alpha value is -0.880. The van der Waals surface area contributed by atoms with Gasteiger partial charge in [-0.15, -0.1) is 4.98 Å². The van der Waals surface area contributed by atoms with Crippen molar-refractivity contribution in [1.29, 1.82) is 0 Å². The van der Waals surface area contributed by atoms with Crippen molar-refractivity contribution in [3.63, 3.8) is 0 Å². The van der Waals surface area contributed by atoms with Crippen molar-refractivity contribution in [3.05, 3.63) is 47.1 Å². The van der Waals surface area contributed by atoms with E-state index in [0.29, 0.717) is 10.0 Å². The highest BCUT2D eigenvalue weighted by atomic mass is 79.9. The normalized spacial score (nSPS) is 9.27. The van der Waals surface area contributed by atoms with Crippen molar-refractivity contribution in [2.24, 2.45) is 0 Å². The summed E-state index contributed by atoms with van der Waals surface area (Å²) in [4.78, 5) is 6.83. The summed E-state index contributed by atoms with van der Waals surface area (Å²) >= 11 is 3.15. The maximum absolute atomic E-state index is 6.65. The molecule has 1 rings (SSSR count). The van der Waals surface area contributed by atoms with Crippen LogP contribution >= 0.6 is 15.9 Å². The summed E-state index contributed by atoms with van der Waals surface area (Å²) in [6, 6.07) is 1.53. The summed E-state index contributed by atoms with van der Waals surface area (Å²) in [5, 5.41) is 0. The average molecular weight is 207 g/mol. The first-order valence-corrected chi connectivity index (χ1v) is 3.53. The van der Waals surface area contributed by atoms with Gasteiger partial charge in [0.25, 0.3) is 5.82 Å². The van der Waals surface area contributed by atoms with Crippen LogP contribution in [-0.2, 0) is 0 Å². The van der Waals surface area contributed by atoms with E-state index in [4.69, 9.17) is 20.4 Å². The predicted molar refractivity (Wildman–Crippen MR) is 45.0 cm³/mol. The zero-order valence-electron chi connectivity index (χ0n) is 5.50. The molecule has 0 unspecified atom stereocenters. The first-order chi connectivity index (χ1) is 5.15. The molecule has 0 aliphatic heterocycles. The topological polar surface area (TPSA) is 17.2 Å². The summed E-state index contributed by atoms with van der Waals surface area (Å²) in [7, 11) is 0. The van der Waals surface area contributed by atoms with Gasteiger partial charge in [-0.3, -0.25) is 0 Å². The van der Waals surface area contributed by atoms with Crippen LogP contribution < -0.4 is 0 Å². The van der Waals surface area contributed by atoms with E-state index in [2.05, 4.69) is 25.8 Å². The van der Waals surface area contributed by atoms with Gasteiger partial charge < -0.3 is 4.85 Å². The van der Waals surface area contributed by atoms with Gasteiger partial charge in [-0.25, -0.2) is 0 Å². The molecular weight excluding hydrogens is 204 g/mol. The van der Waals surface area contributed by atoms with Crippen molar-refractivity contribution in [2.75, 3.05) is 0 Å². The van der Waals surface area contributed by atoms with Crippen molar-refractivity contribution in [2.45, 2.75) is 0 Å².